The number of nitrogens with one attached hydrogen (secondary N) is 2. The maximum atomic E-state index is 12.1. The predicted octanol–water partition coefficient (Wildman–Crippen LogP) is 0.484. The molecule has 1 aliphatic rings. The second-order valence-electron chi connectivity index (χ2n) is 5.84. The van der Waals surface area contributed by atoms with Crippen molar-refractivity contribution in [2.24, 2.45) is 0 Å². The molecule has 2 heterocycles. The predicted molar refractivity (Wildman–Crippen MR) is 92.2 cm³/mol. The van der Waals surface area contributed by atoms with Gasteiger partial charge < -0.3 is 20.1 Å². The Morgan fingerprint density at radius 3 is 2.68 bits per heavy atom. The second kappa shape index (κ2) is 9.89. The standard InChI is InChI=1S/C15H21F3N4O5S/c16-15(17,18)11-27-13-9-12(1-2-19-13)10-21-14(23)20-3-8-28(24,25)22-4-6-26-7-5-22/h1-2,9H,3-8,10-11H2,(H2,20,21,23). The van der Waals surface area contributed by atoms with E-state index in [1.807, 2.05) is 0 Å². The van der Waals surface area contributed by atoms with Crippen LogP contribution >= 0.6 is 0 Å². The molecular weight excluding hydrogens is 405 g/mol. The van der Waals surface area contributed by atoms with Crippen molar-refractivity contribution in [1.29, 1.82) is 0 Å². The van der Waals surface area contributed by atoms with Gasteiger partial charge in [0.15, 0.2) is 6.61 Å². The van der Waals surface area contributed by atoms with Crippen LogP contribution in [-0.2, 0) is 21.3 Å². The summed E-state index contributed by atoms with van der Waals surface area (Å²) in [6, 6.07) is 2.17. The number of urea groups is 1. The summed E-state index contributed by atoms with van der Waals surface area (Å²) >= 11 is 0. The minimum absolute atomic E-state index is 0.00689. The van der Waals surface area contributed by atoms with Crippen LogP contribution in [0.3, 0.4) is 0 Å². The summed E-state index contributed by atoms with van der Waals surface area (Å²) in [7, 11) is -3.48. The third-order valence-corrected chi connectivity index (χ3v) is 5.52. The summed E-state index contributed by atoms with van der Waals surface area (Å²) < 4.78 is 71.6. The molecular formula is C15H21F3N4O5S. The van der Waals surface area contributed by atoms with Gasteiger partial charge in [0, 0.05) is 38.4 Å². The van der Waals surface area contributed by atoms with Crippen molar-refractivity contribution >= 4 is 16.1 Å². The van der Waals surface area contributed by atoms with E-state index in [4.69, 9.17) is 4.74 Å². The zero-order valence-corrected chi connectivity index (χ0v) is 15.7. The minimum atomic E-state index is -4.47. The van der Waals surface area contributed by atoms with Crippen molar-refractivity contribution in [3.63, 3.8) is 0 Å². The molecule has 13 heteroatoms. The average Bonchev–Trinajstić information content (AvgIpc) is 2.65. The number of morpholine rings is 1. The summed E-state index contributed by atoms with van der Waals surface area (Å²) in [5.74, 6) is -0.459. The molecule has 158 valence electrons. The van der Waals surface area contributed by atoms with Crippen molar-refractivity contribution in [2.75, 3.05) is 45.2 Å². The van der Waals surface area contributed by atoms with Crippen LogP contribution in [0.15, 0.2) is 18.3 Å². The Kier molecular flexibility index (Phi) is 7.83. The van der Waals surface area contributed by atoms with Crippen LogP contribution in [0, 0.1) is 0 Å². The van der Waals surface area contributed by atoms with E-state index in [2.05, 4.69) is 20.4 Å². The summed E-state index contributed by atoms with van der Waals surface area (Å²) in [6.45, 7) is -0.282. The maximum absolute atomic E-state index is 12.1. The lowest BCUT2D eigenvalue weighted by molar-refractivity contribution is -0.154. The van der Waals surface area contributed by atoms with E-state index in [-0.39, 0.29) is 37.8 Å². The number of halogens is 3. The SMILES string of the molecule is O=C(NCCS(=O)(=O)N1CCOCC1)NCc1ccnc(OCC(F)(F)F)c1. The second-order valence-corrected chi connectivity index (χ2v) is 7.93. The number of nitrogens with zero attached hydrogens (tertiary/aromatic N) is 2. The van der Waals surface area contributed by atoms with Gasteiger partial charge in [-0.3, -0.25) is 0 Å². The van der Waals surface area contributed by atoms with Gasteiger partial charge in [0.25, 0.3) is 0 Å². The molecule has 0 unspecified atom stereocenters. The number of alkyl halides is 3. The Balaban J connectivity index is 1.72. The van der Waals surface area contributed by atoms with Crippen LogP contribution in [0.1, 0.15) is 5.56 Å². The summed E-state index contributed by atoms with van der Waals surface area (Å²) in [5, 5.41) is 4.91. The van der Waals surface area contributed by atoms with Crippen LogP contribution in [0.5, 0.6) is 5.88 Å². The van der Waals surface area contributed by atoms with Gasteiger partial charge in [0.05, 0.1) is 19.0 Å². The summed E-state index contributed by atoms with van der Waals surface area (Å²) in [4.78, 5) is 15.4. The highest BCUT2D eigenvalue weighted by Gasteiger charge is 2.28. The first-order chi connectivity index (χ1) is 13.2. The van der Waals surface area contributed by atoms with E-state index >= 15 is 0 Å². The van der Waals surface area contributed by atoms with Crippen LogP contribution < -0.4 is 15.4 Å². The highest BCUT2D eigenvalue weighted by atomic mass is 32.2. The van der Waals surface area contributed by atoms with Gasteiger partial charge >= 0.3 is 12.2 Å². The normalized spacial score (nSPS) is 15.8. The molecule has 0 aliphatic carbocycles. The number of rotatable bonds is 8. The molecule has 2 N–H and O–H groups in total. The fourth-order valence-corrected chi connectivity index (χ4v) is 3.61. The Bertz CT molecular complexity index is 754. The molecule has 28 heavy (non-hydrogen) atoms. The maximum Gasteiger partial charge on any atom is 0.422 e. The number of hydrogen-bond acceptors (Lipinski definition) is 6. The molecule has 9 nitrogen and oxygen atoms in total. The molecule has 0 radical (unpaired) electrons. The van der Waals surface area contributed by atoms with Gasteiger partial charge in [0.1, 0.15) is 0 Å². The van der Waals surface area contributed by atoms with Gasteiger partial charge in [-0.2, -0.15) is 17.5 Å². The quantitative estimate of drug-likeness (QED) is 0.626. The molecule has 1 aromatic rings. The molecule has 0 spiro atoms. The molecule has 2 rings (SSSR count). The minimum Gasteiger partial charge on any atom is -0.468 e. The van der Waals surface area contributed by atoms with Crippen molar-refractivity contribution in [1.82, 2.24) is 19.9 Å². The van der Waals surface area contributed by atoms with Crippen LogP contribution in [0.2, 0.25) is 0 Å². The zero-order valence-electron chi connectivity index (χ0n) is 14.9. The Morgan fingerprint density at radius 1 is 1.29 bits per heavy atom. The fraction of sp³-hybridized carbons (Fsp3) is 0.600. The first kappa shape index (κ1) is 22.2. The van der Waals surface area contributed by atoms with Gasteiger partial charge in [-0.1, -0.05) is 0 Å². The first-order valence-electron chi connectivity index (χ1n) is 8.37. The first-order valence-corrected chi connectivity index (χ1v) is 9.98. The lowest BCUT2D eigenvalue weighted by Gasteiger charge is -2.26. The summed E-state index contributed by atoms with van der Waals surface area (Å²) in [5.41, 5.74) is 0.475. The Labute approximate surface area is 160 Å². The van der Waals surface area contributed by atoms with E-state index < -0.39 is 28.8 Å². The van der Waals surface area contributed by atoms with Crippen LogP contribution in [0.25, 0.3) is 0 Å². The van der Waals surface area contributed by atoms with E-state index in [1.165, 1.54) is 22.6 Å². The number of sulfonamides is 1. The van der Waals surface area contributed by atoms with Gasteiger partial charge in [-0.15, -0.1) is 0 Å². The molecule has 1 aromatic heterocycles. The third-order valence-electron chi connectivity index (χ3n) is 3.65. The Morgan fingerprint density at radius 2 is 2.00 bits per heavy atom. The Hall–Kier alpha value is -2.12. The lowest BCUT2D eigenvalue weighted by Crippen LogP contribution is -2.44. The number of amides is 2. The average molecular weight is 426 g/mol. The molecule has 2 amide bonds. The van der Waals surface area contributed by atoms with Crippen molar-refractivity contribution in [2.45, 2.75) is 12.7 Å². The topological polar surface area (TPSA) is 110 Å². The number of aromatic nitrogens is 1. The molecule has 1 fully saturated rings. The summed E-state index contributed by atoms with van der Waals surface area (Å²) in [6.07, 6.45) is -3.22. The van der Waals surface area contributed by atoms with Gasteiger partial charge in [-0.25, -0.2) is 18.2 Å². The van der Waals surface area contributed by atoms with E-state index in [9.17, 15) is 26.4 Å². The van der Waals surface area contributed by atoms with Crippen LogP contribution in [0.4, 0.5) is 18.0 Å². The largest absolute Gasteiger partial charge is 0.468 e. The molecule has 1 aliphatic heterocycles. The highest BCUT2D eigenvalue weighted by Crippen LogP contribution is 2.17. The van der Waals surface area contributed by atoms with E-state index in [0.29, 0.717) is 18.8 Å². The number of carbonyl (C=O) groups excluding carboxylic acids is 1. The van der Waals surface area contributed by atoms with Crippen molar-refractivity contribution < 1.29 is 35.9 Å². The van der Waals surface area contributed by atoms with E-state index in [1.54, 1.807) is 0 Å². The fourth-order valence-electron chi connectivity index (χ4n) is 2.29. The molecule has 0 bridgehead atoms. The van der Waals surface area contributed by atoms with Crippen LogP contribution in [-0.4, -0.2) is 75.1 Å². The van der Waals surface area contributed by atoms with E-state index in [0.717, 1.165) is 0 Å². The number of ether oxygens (including phenoxy) is 2. The third kappa shape index (κ3) is 7.86. The van der Waals surface area contributed by atoms with Crippen molar-refractivity contribution in [3.05, 3.63) is 23.9 Å². The monoisotopic (exact) mass is 426 g/mol. The van der Waals surface area contributed by atoms with Crippen molar-refractivity contribution in [3.8, 4) is 5.88 Å². The molecule has 0 atom stereocenters. The lowest BCUT2D eigenvalue weighted by atomic mass is 10.2. The number of carbonyl (C=O) groups is 1. The smallest absolute Gasteiger partial charge is 0.422 e. The molecule has 1 saturated heterocycles. The number of pyridine rings is 1. The highest BCUT2D eigenvalue weighted by molar-refractivity contribution is 7.89. The zero-order chi connectivity index (χ0) is 20.6. The molecule has 0 saturated carbocycles. The number of hydrogen-bond donors (Lipinski definition) is 2. The van der Waals surface area contributed by atoms with Gasteiger partial charge in [-0.05, 0) is 11.6 Å². The van der Waals surface area contributed by atoms with Gasteiger partial charge in [0.2, 0.25) is 15.9 Å². The molecule has 0 aromatic carbocycles.